The third-order valence-electron chi connectivity index (χ3n) is 7.82. The molecule has 2 aliphatic rings. The molecule has 0 saturated heterocycles. The number of hydrogen-bond acceptors (Lipinski definition) is 3. The maximum absolute atomic E-state index is 6.74. The van der Waals surface area contributed by atoms with Gasteiger partial charge in [-0.05, 0) is 74.9 Å². The van der Waals surface area contributed by atoms with E-state index in [2.05, 4.69) is 69.8 Å². The van der Waals surface area contributed by atoms with Gasteiger partial charge in [0.15, 0.2) is 6.79 Å². The van der Waals surface area contributed by atoms with Crippen LogP contribution in [0.15, 0.2) is 48.5 Å². The summed E-state index contributed by atoms with van der Waals surface area (Å²) < 4.78 is 17.9. The van der Waals surface area contributed by atoms with Gasteiger partial charge in [0.2, 0.25) is 0 Å². The van der Waals surface area contributed by atoms with E-state index in [-0.39, 0.29) is 23.2 Å². The third kappa shape index (κ3) is 6.32. The lowest BCUT2D eigenvalue weighted by Crippen LogP contribution is -2.51. The van der Waals surface area contributed by atoms with Gasteiger partial charge in [0, 0.05) is 23.4 Å². The molecule has 1 fully saturated rings. The molecule has 4 atom stereocenters. The van der Waals surface area contributed by atoms with Crippen molar-refractivity contribution in [3.63, 3.8) is 0 Å². The number of alkyl halides is 1. The smallest absolute Gasteiger partial charge is 0.188 e. The SMILES string of the molecule is C=CCC1=C\C(=C)OC(C)(CCC)[C@@H](C)C2(CC/C=C\1OCOC)CC[C@H](Br)C(C)(C)C2. The number of methoxy groups -OCH3 is 1. The quantitative estimate of drug-likeness (QED) is 0.196. The minimum absolute atomic E-state index is 0.198. The van der Waals surface area contributed by atoms with Crippen molar-refractivity contribution in [1.29, 1.82) is 0 Å². The third-order valence-corrected chi connectivity index (χ3v) is 9.51. The molecule has 0 N–H and O–H groups in total. The minimum Gasteiger partial charge on any atom is -0.488 e. The fourth-order valence-corrected chi connectivity index (χ4v) is 6.41. The Balaban J connectivity index is 2.56. The van der Waals surface area contributed by atoms with Crippen molar-refractivity contribution >= 4 is 15.9 Å². The molecule has 182 valence electrons. The second-order valence-electron chi connectivity index (χ2n) is 10.7. The highest BCUT2D eigenvalue weighted by Gasteiger charge is 2.52. The summed E-state index contributed by atoms with van der Waals surface area (Å²) in [5.41, 5.74) is 1.20. The summed E-state index contributed by atoms with van der Waals surface area (Å²) in [4.78, 5) is 0.552. The van der Waals surface area contributed by atoms with E-state index in [1.165, 1.54) is 19.3 Å². The van der Waals surface area contributed by atoms with Crippen LogP contribution in [-0.2, 0) is 14.2 Å². The van der Waals surface area contributed by atoms with E-state index in [0.29, 0.717) is 22.9 Å². The summed E-state index contributed by atoms with van der Waals surface area (Å²) in [7, 11) is 1.65. The molecule has 0 radical (unpaired) electrons. The zero-order chi connectivity index (χ0) is 24.0. The molecule has 1 aliphatic heterocycles. The first-order valence-electron chi connectivity index (χ1n) is 12.2. The van der Waals surface area contributed by atoms with E-state index in [1.807, 2.05) is 12.2 Å². The molecule has 32 heavy (non-hydrogen) atoms. The lowest BCUT2D eigenvalue weighted by molar-refractivity contribution is -0.105. The molecule has 2 rings (SSSR count). The molecule has 3 nitrogen and oxygen atoms in total. The summed E-state index contributed by atoms with van der Waals surface area (Å²) in [5.74, 6) is 1.95. The molecule has 0 aromatic heterocycles. The van der Waals surface area contributed by atoms with Crippen LogP contribution in [-0.4, -0.2) is 24.3 Å². The number of rotatable bonds is 7. The molecule has 2 unspecified atom stereocenters. The van der Waals surface area contributed by atoms with Gasteiger partial charge < -0.3 is 14.2 Å². The van der Waals surface area contributed by atoms with Gasteiger partial charge in [0.1, 0.15) is 17.1 Å². The summed E-state index contributed by atoms with van der Waals surface area (Å²) in [6.45, 7) is 20.3. The van der Waals surface area contributed by atoms with Gasteiger partial charge in [-0.25, -0.2) is 0 Å². The second kappa shape index (κ2) is 11.4. The highest BCUT2D eigenvalue weighted by atomic mass is 79.9. The lowest BCUT2D eigenvalue weighted by Gasteiger charge is -2.55. The van der Waals surface area contributed by atoms with Crippen LogP contribution in [0.25, 0.3) is 0 Å². The Morgan fingerprint density at radius 1 is 1.28 bits per heavy atom. The number of hydrogen-bond donors (Lipinski definition) is 0. The second-order valence-corrected chi connectivity index (χ2v) is 11.8. The molecule has 1 heterocycles. The fraction of sp³-hybridized carbons (Fsp3) is 0.714. The Morgan fingerprint density at radius 3 is 2.59 bits per heavy atom. The first kappa shape index (κ1) is 27.2. The maximum Gasteiger partial charge on any atom is 0.188 e. The van der Waals surface area contributed by atoms with Gasteiger partial charge in [-0.15, -0.1) is 6.58 Å². The van der Waals surface area contributed by atoms with E-state index in [9.17, 15) is 0 Å². The van der Waals surface area contributed by atoms with Crippen LogP contribution in [0.2, 0.25) is 0 Å². The van der Waals surface area contributed by atoms with Crippen molar-refractivity contribution in [3.8, 4) is 0 Å². The predicted molar refractivity (Wildman–Crippen MR) is 139 cm³/mol. The van der Waals surface area contributed by atoms with Crippen molar-refractivity contribution in [2.45, 2.75) is 96.4 Å². The molecule has 0 bridgehead atoms. The van der Waals surface area contributed by atoms with Crippen LogP contribution in [0.1, 0.15) is 86.0 Å². The van der Waals surface area contributed by atoms with Crippen LogP contribution >= 0.6 is 15.9 Å². The summed E-state index contributed by atoms with van der Waals surface area (Å²) in [6.07, 6.45) is 14.6. The molecule has 0 aromatic rings. The van der Waals surface area contributed by atoms with Gasteiger partial charge in [-0.2, -0.15) is 0 Å². The van der Waals surface area contributed by atoms with E-state index in [4.69, 9.17) is 14.2 Å². The molecule has 4 heteroatoms. The van der Waals surface area contributed by atoms with Crippen molar-refractivity contribution in [1.82, 2.24) is 0 Å². The Morgan fingerprint density at radius 2 is 2.00 bits per heavy atom. The van der Waals surface area contributed by atoms with Crippen molar-refractivity contribution < 1.29 is 14.2 Å². The molecule has 1 spiro atoms. The van der Waals surface area contributed by atoms with E-state index in [1.54, 1.807) is 7.11 Å². The minimum atomic E-state index is -0.269. The van der Waals surface area contributed by atoms with Crippen LogP contribution in [0.3, 0.4) is 0 Å². The molecular weight excluding hydrogens is 464 g/mol. The average Bonchev–Trinajstić information content (AvgIpc) is 2.72. The summed E-state index contributed by atoms with van der Waals surface area (Å²) in [5, 5.41) is 0. The van der Waals surface area contributed by atoms with Crippen molar-refractivity contribution in [2.75, 3.05) is 13.9 Å². The number of allylic oxidation sites excluding steroid dienone is 4. The zero-order valence-corrected chi connectivity index (χ0v) is 22.9. The van der Waals surface area contributed by atoms with Crippen LogP contribution in [0.4, 0.5) is 0 Å². The molecular formula is C28H45BrO3. The average molecular weight is 510 g/mol. The van der Waals surface area contributed by atoms with E-state index in [0.717, 1.165) is 37.0 Å². The highest BCUT2D eigenvalue weighted by molar-refractivity contribution is 9.09. The monoisotopic (exact) mass is 508 g/mol. The Labute approximate surface area is 205 Å². The van der Waals surface area contributed by atoms with Gasteiger partial charge >= 0.3 is 0 Å². The first-order chi connectivity index (χ1) is 15.0. The predicted octanol–water partition coefficient (Wildman–Crippen LogP) is 8.47. The maximum atomic E-state index is 6.74. The van der Waals surface area contributed by atoms with Gasteiger partial charge in [0.05, 0.1) is 0 Å². The molecule has 1 aliphatic carbocycles. The van der Waals surface area contributed by atoms with Crippen molar-refractivity contribution in [2.24, 2.45) is 16.7 Å². The molecule has 0 aromatic carbocycles. The van der Waals surface area contributed by atoms with Crippen LogP contribution in [0.5, 0.6) is 0 Å². The van der Waals surface area contributed by atoms with Gasteiger partial charge in [-0.3, -0.25) is 0 Å². The molecule has 0 amide bonds. The largest absolute Gasteiger partial charge is 0.488 e. The van der Waals surface area contributed by atoms with Gasteiger partial charge in [-0.1, -0.05) is 62.7 Å². The molecule has 1 saturated carbocycles. The normalized spacial score (nSPS) is 36.8. The topological polar surface area (TPSA) is 27.7 Å². The van der Waals surface area contributed by atoms with E-state index < -0.39 is 0 Å². The van der Waals surface area contributed by atoms with Crippen molar-refractivity contribution in [3.05, 3.63) is 48.5 Å². The fourth-order valence-electron chi connectivity index (χ4n) is 6.02. The Bertz CT molecular complexity index is 722. The first-order valence-corrected chi connectivity index (χ1v) is 13.1. The number of ether oxygens (including phenoxy) is 3. The number of halogens is 1. The Kier molecular flexibility index (Phi) is 9.72. The van der Waals surface area contributed by atoms with Crippen LogP contribution in [0, 0.1) is 16.7 Å². The Hall–Kier alpha value is -1.000. The standard InChI is InChI=1S/C28H45BrO3/c1-9-12-23-18-21(3)32-27(7,15-10-2)22(4)28(16-11-13-24(23)31-20-30-8)17-14-25(29)26(5,6)19-28/h9,13,18,22,25H,1,3,10-12,14-17,19-20H2,2,4-8H3/b23-18+,24-13+/t22-,25+,27?,28?/m1/s1. The van der Waals surface area contributed by atoms with Gasteiger partial charge in [0.25, 0.3) is 0 Å². The summed E-state index contributed by atoms with van der Waals surface area (Å²) in [6, 6.07) is 0. The summed E-state index contributed by atoms with van der Waals surface area (Å²) >= 11 is 3.98. The zero-order valence-electron chi connectivity index (χ0n) is 21.3. The van der Waals surface area contributed by atoms with Crippen LogP contribution < -0.4 is 0 Å². The van der Waals surface area contributed by atoms with E-state index >= 15 is 0 Å². The lowest BCUT2D eigenvalue weighted by atomic mass is 9.54. The highest BCUT2D eigenvalue weighted by Crippen LogP contribution is 2.58.